The van der Waals surface area contributed by atoms with Gasteiger partial charge in [-0.25, -0.2) is 0 Å². The number of hydrogen-bond donors (Lipinski definition) is 1. The van der Waals surface area contributed by atoms with Crippen molar-refractivity contribution in [3.05, 3.63) is 41.8 Å². The second-order valence-electron chi connectivity index (χ2n) is 6.23. The van der Waals surface area contributed by atoms with Crippen molar-refractivity contribution in [1.82, 2.24) is 20.4 Å². The molecule has 4 rings (SSSR count). The maximum absolute atomic E-state index is 5.34. The number of hydrogen-bond acceptors (Lipinski definition) is 5. The fraction of sp³-hybridized carbons (Fsp3) is 0.562. The topological polar surface area (TPSA) is 63.8 Å². The zero-order valence-electron chi connectivity index (χ0n) is 12.0. The molecule has 0 spiro atoms. The lowest BCUT2D eigenvalue weighted by atomic mass is 10.0. The van der Waals surface area contributed by atoms with E-state index in [9.17, 15) is 0 Å². The van der Waals surface area contributed by atoms with Crippen LogP contribution in [0.2, 0.25) is 0 Å². The van der Waals surface area contributed by atoms with E-state index in [0.717, 1.165) is 24.1 Å². The number of rotatable bonds is 7. The number of nitrogens with one attached hydrogen (secondary N) is 1. The van der Waals surface area contributed by atoms with Crippen molar-refractivity contribution in [1.29, 1.82) is 0 Å². The van der Waals surface area contributed by atoms with Crippen LogP contribution in [-0.2, 0) is 13.0 Å². The normalized spacial score (nSPS) is 19.6. The van der Waals surface area contributed by atoms with Crippen molar-refractivity contribution >= 4 is 0 Å². The van der Waals surface area contributed by atoms with E-state index in [2.05, 4.69) is 32.6 Å². The quantitative estimate of drug-likeness (QED) is 0.847. The summed E-state index contributed by atoms with van der Waals surface area (Å²) in [6, 6.07) is 4.54. The van der Waals surface area contributed by atoms with Crippen LogP contribution in [0.25, 0.3) is 0 Å². The highest BCUT2D eigenvalue weighted by Gasteiger charge is 2.32. The van der Waals surface area contributed by atoms with Gasteiger partial charge in [0.25, 0.3) is 0 Å². The highest BCUT2D eigenvalue weighted by atomic mass is 16.5. The summed E-state index contributed by atoms with van der Waals surface area (Å²) in [7, 11) is 0. The molecule has 0 saturated heterocycles. The summed E-state index contributed by atoms with van der Waals surface area (Å²) in [6.45, 7) is 0.640. The Morgan fingerprint density at radius 1 is 1.19 bits per heavy atom. The molecule has 21 heavy (non-hydrogen) atoms. The standard InChI is InChI=1S/C16H20N4O/c1-2-11(1)9-14-19-15(21-20-14)10-18-16(12-3-4-12)13-5-7-17-8-6-13/h5-8,11-12,16,18H,1-4,9-10H2. The summed E-state index contributed by atoms with van der Waals surface area (Å²) in [5.41, 5.74) is 1.30. The molecule has 0 aromatic carbocycles. The summed E-state index contributed by atoms with van der Waals surface area (Å²) >= 11 is 0. The largest absolute Gasteiger partial charge is 0.338 e. The molecule has 1 atom stereocenters. The smallest absolute Gasteiger partial charge is 0.240 e. The lowest BCUT2D eigenvalue weighted by molar-refractivity contribution is 0.347. The van der Waals surface area contributed by atoms with Gasteiger partial charge in [-0.05, 0) is 55.2 Å². The molecular weight excluding hydrogens is 264 g/mol. The Balaban J connectivity index is 1.38. The molecule has 0 bridgehead atoms. The molecule has 5 heteroatoms. The predicted molar refractivity (Wildman–Crippen MR) is 77.3 cm³/mol. The average Bonchev–Trinajstić information content (AvgIpc) is 3.42. The number of nitrogens with zero attached hydrogens (tertiary/aromatic N) is 3. The maximum atomic E-state index is 5.34. The van der Waals surface area contributed by atoms with Gasteiger partial charge in [0.2, 0.25) is 5.89 Å². The van der Waals surface area contributed by atoms with Gasteiger partial charge in [0.1, 0.15) is 0 Å². The molecule has 110 valence electrons. The van der Waals surface area contributed by atoms with E-state index in [-0.39, 0.29) is 0 Å². The Morgan fingerprint density at radius 2 is 2.00 bits per heavy atom. The molecule has 2 aromatic heterocycles. The molecular formula is C16H20N4O. The van der Waals surface area contributed by atoms with Crippen LogP contribution in [0.5, 0.6) is 0 Å². The monoisotopic (exact) mass is 284 g/mol. The van der Waals surface area contributed by atoms with E-state index in [0.29, 0.717) is 18.5 Å². The van der Waals surface area contributed by atoms with E-state index < -0.39 is 0 Å². The lowest BCUT2D eigenvalue weighted by Gasteiger charge is -2.17. The third-order valence-corrected chi connectivity index (χ3v) is 4.31. The van der Waals surface area contributed by atoms with Gasteiger partial charge in [-0.1, -0.05) is 5.16 Å². The molecule has 0 radical (unpaired) electrons. The molecule has 2 heterocycles. The molecule has 2 fully saturated rings. The Bertz CT molecular complexity index is 589. The second-order valence-corrected chi connectivity index (χ2v) is 6.23. The molecule has 0 amide bonds. The zero-order valence-corrected chi connectivity index (χ0v) is 12.0. The summed E-state index contributed by atoms with van der Waals surface area (Å²) in [5, 5.41) is 7.64. The van der Waals surface area contributed by atoms with E-state index in [1.54, 1.807) is 0 Å². The Kier molecular flexibility index (Phi) is 3.43. The van der Waals surface area contributed by atoms with Crippen molar-refractivity contribution in [3.8, 4) is 0 Å². The average molecular weight is 284 g/mol. The molecule has 1 unspecified atom stereocenters. The van der Waals surface area contributed by atoms with E-state index in [4.69, 9.17) is 4.52 Å². The van der Waals surface area contributed by atoms with Gasteiger partial charge in [-0.15, -0.1) is 0 Å². The van der Waals surface area contributed by atoms with Gasteiger partial charge in [-0.3, -0.25) is 4.98 Å². The first-order valence-corrected chi connectivity index (χ1v) is 7.83. The first-order valence-electron chi connectivity index (χ1n) is 7.83. The van der Waals surface area contributed by atoms with Crippen LogP contribution in [-0.4, -0.2) is 15.1 Å². The van der Waals surface area contributed by atoms with Gasteiger partial charge in [0.05, 0.1) is 6.54 Å². The fourth-order valence-electron chi connectivity index (χ4n) is 2.78. The van der Waals surface area contributed by atoms with Gasteiger partial charge in [0, 0.05) is 24.9 Å². The summed E-state index contributed by atoms with van der Waals surface area (Å²) in [4.78, 5) is 8.58. The van der Waals surface area contributed by atoms with E-state index in [1.165, 1.54) is 31.2 Å². The molecule has 2 aliphatic carbocycles. The molecule has 1 N–H and O–H groups in total. The first-order chi connectivity index (χ1) is 10.4. The van der Waals surface area contributed by atoms with Crippen LogP contribution in [0.1, 0.15) is 49.0 Å². The van der Waals surface area contributed by atoms with E-state index >= 15 is 0 Å². The third kappa shape index (κ3) is 3.29. The summed E-state index contributed by atoms with van der Waals surface area (Å²) in [6.07, 6.45) is 9.88. The van der Waals surface area contributed by atoms with Gasteiger partial charge in [-0.2, -0.15) is 4.98 Å². The van der Waals surface area contributed by atoms with Crippen molar-refractivity contribution in [3.63, 3.8) is 0 Å². The fourth-order valence-corrected chi connectivity index (χ4v) is 2.78. The van der Waals surface area contributed by atoms with Gasteiger partial charge in [0.15, 0.2) is 5.82 Å². The molecule has 2 saturated carbocycles. The van der Waals surface area contributed by atoms with Crippen molar-refractivity contribution < 1.29 is 4.52 Å². The summed E-state index contributed by atoms with van der Waals surface area (Å²) in [5.74, 6) is 3.08. The number of pyridine rings is 1. The van der Waals surface area contributed by atoms with Crippen molar-refractivity contribution in [2.45, 2.75) is 44.7 Å². The minimum absolute atomic E-state index is 0.367. The SMILES string of the molecule is c1cc(C(NCc2nc(CC3CC3)no2)C2CC2)ccn1. The van der Waals surface area contributed by atoms with Crippen LogP contribution < -0.4 is 5.32 Å². The second kappa shape index (κ2) is 5.56. The van der Waals surface area contributed by atoms with E-state index in [1.807, 2.05) is 12.4 Å². The minimum Gasteiger partial charge on any atom is -0.338 e. The predicted octanol–water partition coefficient (Wildman–Crippen LogP) is 2.66. The molecule has 2 aliphatic rings. The number of aromatic nitrogens is 3. The molecule has 2 aromatic rings. The lowest BCUT2D eigenvalue weighted by Crippen LogP contribution is -2.22. The highest BCUT2D eigenvalue weighted by Crippen LogP contribution is 2.41. The van der Waals surface area contributed by atoms with Crippen LogP contribution in [0, 0.1) is 11.8 Å². The van der Waals surface area contributed by atoms with Gasteiger partial charge >= 0.3 is 0 Å². The van der Waals surface area contributed by atoms with Crippen molar-refractivity contribution in [2.75, 3.05) is 0 Å². The van der Waals surface area contributed by atoms with Crippen LogP contribution >= 0.6 is 0 Å². The maximum Gasteiger partial charge on any atom is 0.240 e. The van der Waals surface area contributed by atoms with Gasteiger partial charge < -0.3 is 9.84 Å². The minimum atomic E-state index is 0.367. The van der Waals surface area contributed by atoms with Crippen LogP contribution in [0.3, 0.4) is 0 Å². The zero-order chi connectivity index (χ0) is 14.1. The highest BCUT2D eigenvalue weighted by molar-refractivity contribution is 5.17. The van der Waals surface area contributed by atoms with Crippen molar-refractivity contribution in [2.24, 2.45) is 11.8 Å². The molecule has 0 aliphatic heterocycles. The third-order valence-electron chi connectivity index (χ3n) is 4.31. The Labute approximate surface area is 124 Å². The van der Waals surface area contributed by atoms with Crippen LogP contribution in [0.4, 0.5) is 0 Å². The summed E-state index contributed by atoms with van der Waals surface area (Å²) < 4.78 is 5.34. The Hall–Kier alpha value is -1.75. The first kappa shape index (κ1) is 13.0. The Morgan fingerprint density at radius 3 is 2.71 bits per heavy atom. The molecule has 5 nitrogen and oxygen atoms in total. The van der Waals surface area contributed by atoms with Crippen LogP contribution in [0.15, 0.2) is 29.0 Å².